The van der Waals surface area contributed by atoms with Crippen LogP contribution in [0.3, 0.4) is 0 Å². The third-order valence-electron chi connectivity index (χ3n) is 7.91. The largest absolute Gasteiger partial charge is 0.375 e. The summed E-state index contributed by atoms with van der Waals surface area (Å²) in [6.07, 6.45) is 33.5. The second kappa shape index (κ2) is 25.1. The molecule has 200 valence electrons. The summed E-state index contributed by atoms with van der Waals surface area (Å²) in [4.78, 5) is 0. The molecule has 0 saturated heterocycles. The first-order valence-electron chi connectivity index (χ1n) is 15.8. The summed E-state index contributed by atoms with van der Waals surface area (Å²) in [5.74, 6) is 0.784. The molecule has 0 heterocycles. The van der Waals surface area contributed by atoms with E-state index in [-0.39, 0.29) is 5.60 Å². The van der Waals surface area contributed by atoms with Crippen LogP contribution in [0.5, 0.6) is 0 Å². The van der Waals surface area contributed by atoms with Crippen molar-refractivity contribution in [2.24, 2.45) is 5.92 Å². The van der Waals surface area contributed by atoms with Gasteiger partial charge in [-0.1, -0.05) is 156 Å². The second-order valence-electron chi connectivity index (χ2n) is 11.3. The molecule has 1 nitrogen and oxygen atoms in total. The molecule has 0 aromatic heterocycles. The van der Waals surface area contributed by atoms with Gasteiger partial charge in [-0.25, -0.2) is 0 Å². The molecule has 1 heteroatoms. The first-order valence-corrected chi connectivity index (χ1v) is 15.8. The maximum absolute atomic E-state index is 6.61. The van der Waals surface area contributed by atoms with Crippen LogP contribution in [0.4, 0.5) is 0 Å². The van der Waals surface area contributed by atoms with Crippen LogP contribution >= 0.6 is 0 Å². The smallest absolute Gasteiger partial charge is 0.0652 e. The standard InChI is InChI=1S/C32H66O/c1-6-10-13-15-17-19-20-22-24-26-28-31(27-25-23-21-18-16-14-11-7-2)30-33-32(5,9-4)29-12-8-3/h31H,6-30H2,1-5H3. The fourth-order valence-electron chi connectivity index (χ4n) is 5.02. The summed E-state index contributed by atoms with van der Waals surface area (Å²) in [5.41, 5.74) is 0.102. The van der Waals surface area contributed by atoms with Gasteiger partial charge in [0, 0.05) is 0 Å². The second-order valence-corrected chi connectivity index (χ2v) is 11.3. The van der Waals surface area contributed by atoms with Gasteiger partial charge < -0.3 is 4.74 Å². The predicted octanol–water partition coefficient (Wildman–Crippen LogP) is 11.8. The summed E-state index contributed by atoms with van der Waals surface area (Å²) in [7, 11) is 0. The lowest BCUT2D eigenvalue weighted by molar-refractivity contribution is -0.0598. The number of hydrogen-bond acceptors (Lipinski definition) is 1. The zero-order valence-electron chi connectivity index (χ0n) is 24.2. The lowest BCUT2D eigenvalue weighted by atomic mass is 9.93. The Morgan fingerprint density at radius 1 is 0.485 bits per heavy atom. The molecular formula is C32H66O. The molecule has 0 rings (SSSR count). The highest BCUT2D eigenvalue weighted by Crippen LogP contribution is 2.27. The minimum Gasteiger partial charge on any atom is -0.375 e. The first-order chi connectivity index (χ1) is 16.1. The van der Waals surface area contributed by atoms with Gasteiger partial charge in [0.15, 0.2) is 0 Å². The van der Waals surface area contributed by atoms with Crippen molar-refractivity contribution in [2.45, 2.75) is 194 Å². The first kappa shape index (κ1) is 33.0. The molecule has 2 atom stereocenters. The number of rotatable bonds is 27. The summed E-state index contributed by atoms with van der Waals surface area (Å²) in [5, 5.41) is 0. The molecule has 0 N–H and O–H groups in total. The van der Waals surface area contributed by atoms with E-state index in [0.29, 0.717) is 0 Å². The van der Waals surface area contributed by atoms with E-state index in [1.165, 1.54) is 148 Å². The van der Waals surface area contributed by atoms with E-state index >= 15 is 0 Å². The Kier molecular flexibility index (Phi) is 25.0. The van der Waals surface area contributed by atoms with Crippen molar-refractivity contribution in [1.82, 2.24) is 0 Å². The molecular weight excluding hydrogens is 400 g/mol. The van der Waals surface area contributed by atoms with Crippen molar-refractivity contribution in [3.05, 3.63) is 0 Å². The van der Waals surface area contributed by atoms with E-state index in [2.05, 4.69) is 34.6 Å². The van der Waals surface area contributed by atoms with Crippen LogP contribution in [0.25, 0.3) is 0 Å². The van der Waals surface area contributed by atoms with Gasteiger partial charge >= 0.3 is 0 Å². The topological polar surface area (TPSA) is 9.23 Å². The van der Waals surface area contributed by atoms with Crippen molar-refractivity contribution >= 4 is 0 Å². The van der Waals surface area contributed by atoms with Gasteiger partial charge in [0.1, 0.15) is 0 Å². The third-order valence-corrected chi connectivity index (χ3v) is 7.91. The van der Waals surface area contributed by atoms with E-state index in [9.17, 15) is 0 Å². The Morgan fingerprint density at radius 2 is 0.848 bits per heavy atom. The molecule has 0 aliphatic rings. The third kappa shape index (κ3) is 22.2. The number of ether oxygens (including phenoxy) is 1. The highest BCUT2D eigenvalue weighted by Gasteiger charge is 2.23. The average Bonchev–Trinajstić information content (AvgIpc) is 2.83. The molecule has 0 aromatic rings. The molecule has 0 spiro atoms. The predicted molar refractivity (Wildman–Crippen MR) is 151 cm³/mol. The van der Waals surface area contributed by atoms with Gasteiger partial charge in [0.25, 0.3) is 0 Å². The van der Waals surface area contributed by atoms with Crippen LogP contribution in [0, 0.1) is 5.92 Å². The highest BCUT2D eigenvalue weighted by atomic mass is 16.5. The average molecular weight is 467 g/mol. The van der Waals surface area contributed by atoms with Crippen LogP contribution in [0.2, 0.25) is 0 Å². The minimum absolute atomic E-state index is 0.102. The van der Waals surface area contributed by atoms with Gasteiger partial charge in [0.2, 0.25) is 0 Å². The molecule has 0 fully saturated rings. The van der Waals surface area contributed by atoms with Crippen LogP contribution in [-0.4, -0.2) is 12.2 Å². The van der Waals surface area contributed by atoms with Crippen LogP contribution in [0.1, 0.15) is 189 Å². The quantitative estimate of drug-likeness (QED) is 0.109. The molecule has 0 amide bonds. The van der Waals surface area contributed by atoms with Crippen molar-refractivity contribution < 1.29 is 4.74 Å². The van der Waals surface area contributed by atoms with Crippen molar-refractivity contribution in [1.29, 1.82) is 0 Å². The van der Waals surface area contributed by atoms with E-state index < -0.39 is 0 Å². The lowest BCUT2D eigenvalue weighted by Gasteiger charge is -2.31. The molecule has 0 aromatic carbocycles. The van der Waals surface area contributed by atoms with Gasteiger partial charge in [-0.15, -0.1) is 0 Å². The van der Waals surface area contributed by atoms with Crippen LogP contribution < -0.4 is 0 Å². The van der Waals surface area contributed by atoms with Gasteiger partial charge in [0.05, 0.1) is 12.2 Å². The molecule has 2 unspecified atom stereocenters. The molecule has 0 bridgehead atoms. The Labute approximate surface area is 211 Å². The zero-order valence-corrected chi connectivity index (χ0v) is 24.2. The summed E-state index contributed by atoms with van der Waals surface area (Å²) < 4.78 is 6.61. The summed E-state index contributed by atoms with van der Waals surface area (Å²) >= 11 is 0. The van der Waals surface area contributed by atoms with Crippen molar-refractivity contribution in [3.8, 4) is 0 Å². The normalized spacial score (nSPS) is 14.5. The Morgan fingerprint density at radius 3 is 1.21 bits per heavy atom. The maximum Gasteiger partial charge on any atom is 0.0652 e. The van der Waals surface area contributed by atoms with E-state index in [1.807, 2.05) is 0 Å². The molecule has 33 heavy (non-hydrogen) atoms. The monoisotopic (exact) mass is 467 g/mol. The summed E-state index contributed by atoms with van der Waals surface area (Å²) in [6.45, 7) is 12.6. The molecule has 0 radical (unpaired) electrons. The van der Waals surface area contributed by atoms with Crippen LogP contribution in [-0.2, 0) is 4.74 Å². The Hall–Kier alpha value is -0.0400. The Bertz CT molecular complexity index is 366. The molecule has 0 saturated carbocycles. The van der Waals surface area contributed by atoms with E-state index in [1.54, 1.807) is 0 Å². The Balaban J connectivity index is 4.15. The fourth-order valence-corrected chi connectivity index (χ4v) is 5.02. The zero-order chi connectivity index (χ0) is 24.5. The SMILES string of the molecule is CCCCCCCCCCCCC(CCCCCCCCCC)COC(C)(CC)CCCC. The van der Waals surface area contributed by atoms with Gasteiger partial charge in [-0.05, 0) is 38.5 Å². The fraction of sp³-hybridized carbons (Fsp3) is 1.00. The van der Waals surface area contributed by atoms with Crippen molar-refractivity contribution in [3.63, 3.8) is 0 Å². The maximum atomic E-state index is 6.61. The summed E-state index contributed by atoms with van der Waals surface area (Å²) in [6, 6.07) is 0. The molecule has 0 aliphatic heterocycles. The van der Waals surface area contributed by atoms with Crippen LogP contribution in [0.15, 0.2) is 0 Å². The molecule has 0 aliphatic carbocycles. The van der Waals surface area contributed by atoms with E-state index in [0.717, 1.165) is 18.9 Å². The number of unbranched alkanes of at least 4 members (excludes halogenated alkanes) is 17. The van der Waals surface area contributed by atoms with E-state index in [4.69, 9.17) is 4.74 Å². The van der Waals surface area contributed by atoms with Gasteiger partial charge in [-0.3, -0.25) is 0 Å². The minimum atomic E-state index is 0.102. The van der Waals surface area contributed by atoms with Gasteiger partial charge in [-0.2, -0.15) is 0 Å². The highest BCUT2D eigenvalue weighted by molar-refractivity contribution is 4.74. The number of hydrogen-bond donors (Lipinski definition) is 0. The van der Waals surface area contributed by atoms with Crippen molar-refractivity contribution in [2.75, 3.05) is 6.61 Å². The lowest BCUT2D eigenvalue weighted by Crippen LogP contribution is -2.30.